The molecule has 3 rings (SSSR count). The molecule has 2 aliphatic rings. The van der Waals surface area contributed by atoms with E-state index in [4.69, 9.17) is 11.6 Å². The molecule has 2 N–H and O–H groups in total. The third kappa shape index (κ3) is 1.63. The fourth-order valence-corrected chi connectivity index (χ4v) is 2.98. The molecule has 17 heavy (non-hydrogen) atoms. The number of hydrogen-bond acceptors (Lipinski definition) is 3. The van der Waals surface area contributed by atoms with Gasteiger partial charge in [0.15, 0.2) is 0 Å². The van der Waals surface area contributed by atoms with E-state index in [1.165, 1.54) is 0 Å². The van der Waals surface area contributed by atoms with Gasteiger partial charge in [-0.1, -0.05) is 17.7 Å². The Bertz CT molecular complexity index is 481. The van der Waals surface area contributed by atoms with Crippen LogP contribution in [0.5, 0.6) is 0 Å². The van der Waals surface area contributed by atoms with Crippen molar-refractivity contribution in [2.24, 2.45) is 0 Å². The minimum absolute atomic E-state index is 0.154. The van der Waals surface area contributed by atoms with Crippen LogP contribution in [0.1, 0.15) is 41.7 Å². The van der Waals surface area contributed by atoms with Crippen molar-refractivity contribution in [1.29, 1.82) is 0 Å². The Morgan fingerprint density at radius 1 is 1.41 bits per heavy atom. The highest BCUT2D eigenvalue weighted by Crippen LogP contribution is 2.42. The number of nitrogens with zero attached hydrogens (tertiary/aromatic N) is 1. The molecule has 90 valence electrons. The molecule has 0 saturated heterocycles. The number of aliphatic hydroxyl groups excluding tert-OH is 1. The molecular formula is C12H13ClN2O2. The molecular weight excluding hydrogens is 240 g/mol. The summed E-state index contributed by atoms with van der Waals surface area (Å²) in [5, 5.41) is 12.9. The smallest absolute Gasteiger partial charge is 0.271 e. The zero-order valence-corrected chi connectivity index (χ0v) is 10.00. The van der Waals surface area contributed by atoms with Gasteiger partial charge in [-0.2, -0.15) is 0 Å². The molecule has 1 aromatic heterocycles. The molecule has 1 aliphatic heterocycles. The molecule has 0 unspecified atom stereocenters. The molecule has 1 amide bonds. The number of aromatic nitrogens is 1. The summed E-state index contributed by atoms with van der Waals surface area (Å²) in [4.78, 5) is 16.0. The fourth-order valence-electron chi connectivity index (χ4n) is 2.83. The molecule has 1 aliphatic carbocycles. The number of carbonyl (C=O) groups excluding carboxylic acids is 1. The second-order valence-corrected chi connectivity index (χ2v) is 5.18. The van der Waals surface area contributed by atoms with Gasteiger partial charge in [0.05, 0.1) is 11.6 Å². The predicted octanol–water partition coefficient (Wildman–Crippen LogP) is 1.61. The van der Waals surface area contributed by atoms with Gasteiger partial charge in [0.2, 0.25) is 0 Å². The van der Waals surface area contributed by atoms with Crippen molar-refractivity contribution in [3.8, 4) is 0 Å². The van der Waals surface area contributed by atoms with E-state index in [-0.39, 0.29) is 17.6 Å². The highest BCUT2D eigenvalue weighted by molar-refractivity contribution is 6.29. The molecule has 1 saturated carbocycles. The van der Waals surface area contributed by atoms with E-state index in [9.17, 15) is 9.90 Å². The summed E-state index contributed by atoms with van der Waals surface area (Å²) < 4.78 is 0. The first-order valence-corrected chi connectivity index (χ1v) is 6.16. The molecule has 1 aromatic rings. The fraction of sp³-hybridized carbons (Fsp3) is 0.500. The summed E-state index contributed by atoms with van der Waals surface area (Å²) >= 11 is 5.81. The van der Waals surface area contributed by atoms with Gasteiger partial charge in [-0.05, 0) is 31.7 Å². The van der Waals surface area contributed by atoms with Crippen LogP contribution in [0.25, 0.3) is 0 Å². The number of nitrogens with one attached hydrogen (secondary N) is 1. The van der Waals surface area contributed by atoms with E-state index >= 15 is 0 Å². The van der Waals surface area contributed by atoms with Crippen molar-refractivity contribution in [2.45, 2.75) is 37.3 Å². The quantitative estimate of drug-likeness (QED) is 0.690. The van der Waals surface area contributed by atoms with Gasteiger partial charge >= 0.3 is 0 Å². The maximum atomic E-state index is 11.9. The van der Waals surface area contributed by atoms with E-state index in [1.807, 2.05) is 6.07 Å². The molecule has 2 heterocycles. The number of amides is 1. The molecule has 1 fully saturated rings. The third-order valence-electron chi connectivity index (χ3n) is 3.75. The molecule has 1 spiro atoms. The van der Waals surface area contributed by atoms with Crippen LogP contribution in [-0.2, 0) is 5.54 Å². The molecule has 4 nitrogen and oxygen atoms in total. The maximum absolute atomic E-state index is 11.9. The van der Waals surface area contributed by atoms with E-state index in [1.54, 1.807) is 6.07 Å². The zero-order valence-electron chi connectivity index (χ0n) is 9.24. The lowest BCUT2D eigenvalue weighted by Gasteiger charge is -2.36. The lowest BCUT2D eigenvalue weighted by atomic mass is 9.77. The van der Waals surface area contributed by atoms with Crippen molar-refractivity contribution in [1.82, 2.24) is 10.3 Å². The minimum atomic E-state index is -0.330. The van der Waals surface area contributed by atoms with Crippen LogP contribution in [0, 0.1) is 0 Å². The van der Waals surface area contributed by atoms with Crippen LogP contribution >= 0.6 is 11.6 Å². The van der Waals surface area contributed by atoms with E-state index in [0.717, 1.165) is 18.4 Å². The van der Waals surface area contributed by atoms with Crippen LogP contribution in [-0.4, -0.2) is 22.1 Å². The molecule has 0 atom stereocenters. The Balaban J connectivity index is 2.04. The number of pyridine rings is 1. The first-order chi connectivity index (χ1) is 8.11. The Kier molecular flexibility index (Phi) is 2.38. The van der Waals surface area contributed by atoms with Crippen molar-refractivity contribution in [3.05, 3.63) is 28.5 Å². The first kappa shape index (κ1) is 11.0. The Morgan fingerprint density at radius 3 is 2.82 bits per heavy atom. The normalized spacial score (nSPS) is 31.4. The maximum Gasteiger partial charge on any atom is 0.271 e. The van der Waals surface area contributed by atoms with E-state index in [0.29, 0.717) is 23.7 Å². The summed E-state index contributed by atoms with van der Waals surface area (Å²) in [6, 6.07) is 3.59. The van der Waals surface area contributed by atoms with Crippen molar-refractivity contribution >= 4 is 17.5 Å². The summed E-state index contributed by atoms with van der Waals surface area (Å²) in [7, 11) is 0. The number of hydrogen-bond donors (Lipinski definition) is 2. The Morgan fingerprint density at radius 2 is 2.12 bits per heavy atom. The monoisotopic (exact) mass is 252 g/mol. The van der Waals surface area contributed by atoms with Crippen molar-refractivity contribution in [2.75, 3.05) is 0 Å². The number of halogens is 1. The summed E-state index contributed by atoms with van der Waals surface area (Å²) in [5.41, 5.74) is 1.04. The van der Waals surface area contributed by atoms with Gasteiger partial charge in [-0.3, -0.25) is 4.79 Å². The average Bonchev–Trinajstić information content (AvgIpc) is 2.57. The number of carbonyl (C=O) groups is 1. The van der Waals surface area contributed by atoms with Gasteiger partial charge < -0.3 is 10.4 Å². The van der Waals surface area contributed by atoms with Gasteiger partial charge in [0, 0.05) is 5.56 Å². The molecule has 0 bridgehead atoms. The third-order valence-corrected chi connectivity index (χ3v) is 3.96. The van der Waals surface area contributed by atoms with Crippen LogP contribution < -0.4 is 5.32 Å². The van der Waals surface area contributed by atoms with Crippen LogP contribution in [0.4, 0.5) is 0 Å². The van der Waals surface area contributed by atoms with E-state index in [2.05, 4.69) is 10.3 Å². The van der Waals surface area contributed by atoms with E-state index < -0.39 is 0 Å². The Labute approximate surface area is 104 Å². The molecule has 0 radical (unpaired) electrons. The number of aliphatic hydroxyl groups is 1. The zero-order chi connectivity index (χ0) is 12.0. The highest BCUT2D eigenvalue weighted by Gasteiger charge is 2.45. The van der Waals surface area contributed by atoms with Gasteiger partial charge in [0.25, 0.3) is 5.91 Å². The van der Waals surface area contributed by atoms with Crippen molar-refractivity contribution < 1.29 is 9.90 Å². The molecule has 5 heteroatoms. The minimum Gasteiger partial charge on any atom is -0.393 e. The lowest BCUT2D eigenvalue weighted by Crippen LogP contribution is -2.43. The van der Waals surface area contributed by atoms with Crippen LogP contribution in [0.2, 0.25) is 5.15 Å². The topological polar surface area (TPSA) is 62.2 Å². The summed E-state index contributed by atoms with van der Waals surface area (Å²) in [6.45, 7) is 0. The lowest BCUT2D eigenvalue weighted by molar-refractivity contribution is 0.0737. The second kappa shape index (κ2) is 3.68. The largest absolute Gasteiger partial charge is 0.393 e. The van der Waals surface area contributed by atoms with Gasteiger partial charge in [-0.15, -0.1) is 0 Å². The second-order valence-electron chi connectivity index (χ2n) is 4.80. The predicted molar refractivity (Wildman–Crippen MR) is 62.9 cm³/mol. The average molecular weight is 253 g/mol. The van der Waals surface area contributed by atoms with Crippen molar-refractivity contribution in [3.63, 3.8) is 0 Å². The van der Waals surface area contributed by atoms with Crippen LogP contribution in [0.15, 0.2) is 12.1 Å². The SMILES string of the molecule is O=C1NC2(CCC(O)CC2)c2ccc(Cl)nc21. The van der Waals surface area contributed by atoms with Gasteiger partial charge in [-0.25, -0.2) is 4.98 Å². The van der Waals surface area contributed by atoms with Gasteiger partial charge in [0.1, 0.15) is 10.8 Å². The number of fused-ring (bicyclic) bond motifs is 2. The Hall–Kier alpha value is -1.13. The first-order valence-electron chi connectivity index (χ1n) is 5.78. The standard InChI is InChI=1S/C12H13ClN2O2/c13-9-2-1-8-10(14-9)11(17)15-12(8)5-3-7(16)4-6-12/h1-2,7,16H,3-6H2,(H,15,17). The molecule has 0 aromatic carbocycles. The number of rotatable bonds is 0. The summed E-state index contributed by atoms with van der Waals surface area (Å²) in [6.07, 6.45) is 2.69. The highest BCUT2D eigenvalue weighted by atomic mass is 35.5. The summed E-state index contributed by atoms with van der Waals surface area (Å²) in [5.74, 6) is -0.154. The van der Waals surface area contributed by atoms with Crippen LogP contribution in [0.3, 0.4) is 0 Å².